The fourth-order valence-electron chi connectivity index (χ4n) is 1.30. The van der Waals surface area contributed by atoms with E-state index in [9.17, 15) is 0 Å². The van der Waals surface area contributed by atoms with Crippen LogP contribution in [-0.4, -0.2) is 10.9 Å². The van der Waals surface area contributed by atoms with E-state index in [1.54, 1.807) is 6.20 Å². The van der Waals surface area contributed by atoms with Gasteiger partial charge in [0.15, 0.2) is 5.76 Å². The normalized spacial score (nSPS) is 9.56. The standard InChI is InChI=1S/C13H11NOS/c16-10-2-1-3-11-4-6-12(7-5-11)13-8-9-14-15-13/h4-9,16H,2,10H2. The van der Waals surface area contributed by atoms with Gasteiger partial charge in [0.1, 0.15) is 0 Å². The van der Waals surface area contributed by atoms with E-state index in [0.717, 1.165) is 29.1 Å². The van der Waals surface area contributed by atoms with E-state index < -0.39 is 0 Å². The van der Waals surface area contributed by atoms with Crippen LogP contribution in [0.5, 0.6) is 0 Å². The van der Waals surface area contributed by atoms with Gasteiger partial charge in [0.25, 0.3) is 0 Å². The summed E-state index contributed by atoms with van der Waals surface area (Å²) in [5, 5.41) is 3.67. The number of benzene rings is 1. The van der Waals surface area contributed by atoms with Crippen LogP contribution in [0, 0.1) is 11.8 Å². The van der Waals surface area contributed by atoms with Crippen molar-refractivity contribution in [1.82, 2.24) is 5.16 Å². The summed E-state index contributed by atoms with van der Waals surface area (Å²) < 4.78 is 5.06. The van der Waals surface area contributed by atoms with E-state index >= 15 is 0 Å². The Morgan fingerprint density at radius 2 is 2.00 bits per heavy atom. The molecular formula is C13H11NOS. The molecule has 0 aliphatic carbocycles. The molecule has 2 aromatic rings. The lowest BCUT2D eigenvalue weighted by Gasteiger charge is -1.95. The van der Waals surface area contributed by atoms with Gasteiger partial charge in [0.05, 0.1) is 6.20 Å². The predicted molar refractivity (Wildman–Crippen MR) is 67.3 cm³/mol. The van der Waals surface area contributed by atoms with E-state index in [0.29, 0.717) is 0 Å². The molecule has 0 N–H and O–H groups in total. The topological polar surface area (TPSA) is 26.0 Å². The molecule has 3 heteroatoms. The van der Waals surface area contributed by atoms with Crippen LogP contribution in [0.15, 0.2) is 41.1 Å². The summed E-state index contributed by atoms with van der Waals surface area (Å²) >= 11 is 4.10. The minimum atomic E-state index is 0.773. The maximum absolute atomic E-state index is 5.06. The number of nitrogens with zero attached hydrogens (tertiary/aromatic N) is 1. The van der Waals surface area contributed by atoms with Crippen molar-refractivity contribution in [2.75, 3.05) is 5.75 Å². The van der Waals surface area contributed by atoms with Gasteiger partial charge in [-0.15, -0.1) is 0 Å². The molecule has 0 aliphatic rings. The van der Waals surface area contributed by atoms with Crippen molar-refractivity contribution in [2.45, 2.75) is 6.42 Å². The zero-order valence-electron chi connectivity index (χ0n) is 8.68. The third-order valence-corrected chi connectivity index (χ3v) is 2.30. The summed E-state index contributed by atoms with van der Waals surface area (Å²) in [6, 6.07) is 9.74. The SMILES string of the molecule is SCCC#Cc1ccc(-c2ccno2)cc1. The first kappa shape index (κ1) is 10.8. The van der Waals surface area contributed by atoms with Crippen LogP contribution in [0.1, 0.15) is 12.0 Å². The second-order valence-corrected chi connectivity index (χ2v) is 3.68. The van der Waals surface area contributed by atoms with Gasteiger partial charge >= 0.3 is 0 Å². The Balaban J connectivity index is 2.15. The highest BCUT2D eigenvalue weighted by atomic mass is 32.1. The van der Waals surface area contributed by atoms with Gasteiger partial charge in [0, 0.05) is 29.4 Å². The molecule has 0 aliphatic heterocycles. The van der Waals surface area contributed by atoms with Crippen LogP contribution in [0.3, 0.4) is 0 Å². The van der Waals surface area contributed by atoms with Crippen LogP contribution in [0.4, 0.5) is 0 Å². The fraction of sp³-hybridized carbons (Fsp3) is 0.154. The van der Waals surface area contributed by atoms with E-state index in [2.05, 4.69) is 29.6 Å². The summed E-state index contributed by atoms with van der Waals surface area (Å²) in [6.07, 6.45) is 2.45. The van der Waals surface area contributed by atoms with Crippen molar-refractivity contribution < 1.29 is 4.52 Å². The predicted octanol–water partition coefficient (Wildman–Crippen LogP) is 3.01. The van der Waals surface area contributed by atoms with Crippen molar-refractivity contribution in [1.29, 1.82) is 0 Å². The molecule has 1 heterocycles. The molecule has 0 atom stereocenters. The van der Waals surface area contributed by atoms with Crippen molar-refractivity contribution in [2.24, 2.45) is 0 Å². The molecule has 0 spiro atoms. The summed E-state index contributed by atoms with van der Waals surface area (Å²) in [7, 11) is 0. The highest BCUT2D eigenvalue weighted by molar-refractivity contribution is 7.80. The molecule has 2 nitrogen and oxygen atoms in total. The molecule has 0 unspecified atom stereocenters. The number of thiol groups is 1. The lowest BCUT2D eigenvalue weighted by atomic mass is 10.1. The molecule has 1 aromatic heterocycles. The Hall–Kier alpha value is -1.66. The highest BCUT2D eigenvalue weighted by Crippen LogP contribution is 2.18. The lowest BCUT2D eigenvalue weighted by molar-refractivity contribution is 0.432. The molecule has 2 rings (SSSR count). The third kappa shape index (κ3) is 2.68. The van der Waals surface area contributed by atoms with Gasteiger partial charge in [-0.25, -0.2) is 0 Å². The Morgan fingerprint density at radius 1 is 1.19 bits per heavy atom. The van der Waals surface area contributed by atoms with Crippen molar-refractivity contribution >= 4 is 12.6 Å². The Kier molecular flexibility index (Phi) is 3.68. The summed E-state index contributed by atoms with van der Waals surface area (Å²) in [5.41, 5.74) is 2.02. The molecule has 0 amide bonds. The van der Waals surface area contributed by atoms with Crippen molar-refractivity contribution in [3.63, 3.8) is 0 Å². The minimum Gasteiger partial charge on any atom is -0.356 e. The molecule has 0 radical (unpaired) electrons. The average molecular weight is 229 g/mol. The zero-order valence-corrected chi connectivity index (χ0v) is 9.58. The van der Waals surface area contributed by atoms with E-state index in [-0.39, 0.29) is 0 Å². The fourth-order valence-corrected chi connectivity index (χ4v) is 1.41. The first-order chi connectivity index (χ1) is 7.90. The number of hydrogen-bond donors (Lipinski definition) is 1. The van der Waals surface area contributed by atoms with Gasteiger partial charge < -0.3 is 4.52 Å². The van der Waals surface area contributed by atoms with Crippen molar-refractivity contribution in [3.05, 3.63) is 42.1 Å². The summed E-state index contributed by atoms with van der Waals surface area (Å²) in [6.45, 7) is 0. The molecule has 0 saturated heterocycles. The van der Waals surface area contributed by atoms with Crippen LogP contribution in [0.25, 0.3) is 11.3 Å². The lowest BCUT2D eigenvalue weighted by Crippen LogP contribution is -1.77. The van der Waals surface area contributed by atoms with Gasteiger partial charge in [-0.3, -0.25) is 0 Å². The molecule has 80 valence electrons. The second-order valence-electron chi connectivity index (χ2n) is 3.23. The minimum absolute atomic E-state index is 0.773. The van der Waals surface area contributed by atoms with Crippen LogP contribution in [0.2, 0.25) is 0 Å². The molecular weight excluding hydrogens is 218 g/mol. The molecule has 0 saturated carbocycles. The second kappa shape index (κ2) is 5.43. The third-order valence-electron chi connectivity index (χ3n) is 2.08. The maximum atomic E-state index is 5.06. The Labute approximate surface area is 100 Å². The molecule has 0 bridgehead atoms. The smallest absolute Gasteiger partial charge is 0.166 e. The number of hydrogen-bond acceptors (Lipinski definition) is 3. The van der Waals surface area contributed by atoms with Gasteiger partial charge in [-0.1, -0.05) is 17.0 Å². The van der Waals surface area contributed by atoms with Gasteiger partial charge in [-0.05, 0) is 24.3 Å². The quantitative estimate of drug-likeness (QED) is 0.633. The van der Waals surface area contributed by atoms with Crippen LogP contribution in [-0.2, 0) is 0 Å². The Morgan fingerprint density at radius 3 is 2.62 bits per heavy atom. The van der Waals surface area contributed by atoms with E-state index in [1.165, 1.54) is 0 Å². The monoisotopic (exact) mass is 229 g/mol. The Bertz CT molecular complexity index is 491. The molecule has 16 heavy (non-hydrogen) atoms. The number of aromatic nitrogens is 1. The molecule has 0 fully saturated rings. The largest absolute Gasteiger partial charge is 0.356 e. The van der Waals surface area contributed by atoms with Gasteiger partial charge in [-0.2, -0.15) is 12.6 Å². The van der Waals surface area contributed by atoms with E-state index in [4.69, 9.17) is 4.52 Å². The van der Waals surface area contributed by atoms with E-state index in [1.807, 2.05) is 30.3 Å². The highest BCUT2D eigenvalue weighted by Gasteiger charge is 1.99. The van der Waals surface area contributed by atoms with Gasteiger partial charge in [0.2, 0.25) is 0 Å². The van der Waals surface area contributed by atoms with Crippen LogP contribution < -0.4 is 0 Å². The zero-order chi connectivity index (χ0) is 11.2. The summed E-state index contributed by atoms with van der Waals surface area (Å²) in [4.78, 5) is 0. The maximum Gasteiger partial charge on any atom is 0.166 e. The van der Waals surface area contributed by atoms with Crippen molar-refractivity contribution in [3.8, 4) is 23.2 Å². The number of rotatable bonds is 2. The van der Waals surface area contributed by atoms with Crippen LogP contribution >= 0.6 is 12.6 Å². The molecule has 1 aromatic carbocycles. The summed E-state index contributed by atoms with van der Waals surface area (Å²) in [5.74, 6) is 7.68. The first-order valence-electron chi connectivity index (χ1n) is 5.01. The average Bonchev–Trinajstić information content (AvgIpc) is 2.84. The first-order valence-corrected chi connectivity index (χ1v) is 5.64.